The molecule has 0 unspecified atom stereocenters. The molecule has 0 saturated heterocycles. The van der Waals surface area contributed by atoms with Crippen molar-refractivity contribution < 1.29 is 13.5 Å². The van der Waals surface area contributed by atoms with Crippen LogP contribution in [-0.4, -0.2) is 36.4 Å². The van der Waals surface area contributed by atoms with Gasteiger partial charge in [0.25, 0.3) is 0 Å². The van der Waals surface area contributed by atoms with Crippen LogP contribution in [0.2, 0.25) is 0 Å². The van der Waals surface area contributed by atoms with Gasteiger partial charge >= 0.3 is 0 Å². The van der Waals surface area contributed by atoms with Crippen LogP contribution in [0.1, 0.15) is 26.7 Å². The Hall–Kier alpha value is -2.19. The number of aliphatic hydroxyl groups is 1. The van der Waals surface area contributed by atoms with Gasteiger partial charge in [-0.05, 0) is 38.8 Å². The van der Waals surface area contributed by atoms with Gasteiger partial charge in [-0.1, -0.05) is 17.7 Å². The molecule has 0 fully saturated rings. The molecule has 0 radical (unpaired) electrons. The fourth-order valence-corrected chi connectivity index (χ4v) is 2.64. The molecule has 8 heteroatoms. The van der Waals surface area contributed by atoms with Gasteiger partial charge in [-0.3, -0.25) is 4.72 Å². The Balaban J connectivity index is 2.44. The van der Waals surface area contributed by atoms with Crippen LogP contribution < -0.4 is 10.0 Å². The van der Waals surface area contributed by atoms with Crippen molar-refractivity contribution in [3.05, 3.63) is 35.5 Å². The molecule has 0 atom stereocenters. The Morgan fingerprint density at radius 2 is 1.71 bits per heavy atom. The fourth-order valence-electron chi connectivity index (χ4n) is 2.15. The molecule has 0 aliphatic rings. The number of sulfonamides is 1. The third-order valence-electron chi connectivity index (χ3n) is 3.51. The van der Waals surface area contributed by atoms with Crippen LogP contribution in [0.15, 0.2) is 35.5 Å². The van der Waals surface area contributed by atoms with Gasteiger partial charge < -0.3 is 10.4 Å². The third-order valence-corrected chi connectivity index (χ3v) is 4.07. The van der Waals surface area contributed by atoms with Crippen LogP contribution in [0.4, 0.5) is 11.6 Å². The monoisotopic (exact) mass is 350 g/mol. The van der Waals surface area contributed by atoms with E-state index in [2.05, 4.69) is 20.0 Å². The second kappa shape index (κ2) is 7.59. The Kier molecular flexibility index (Phi) is 5.74. The highest BCUT2D eigenvalue weighted by atomic mass is 32.2. The van der Waals surface area contributed by atoms with Crippen molar-refractivity contribution in [2.75, 3.05) is 22.9 Å². The normalized spacial score (nSPS) is 12.8. The number of benzene rings is 1. The molecular weight excluding hydrogens is 328 g/mol. The average Bonchev–Trinajstić information content (AvgIpc) is 2.51. The van der Waals surface area contributed by atoms with Crippen molar-refractivity contribution in [3.63, 3.8) is 0 Å². The van der Waals surface area contributed by atoms with Gasteiger partial charge in [-0.25, -0.2) is 18.4 Å². The number of hydrogen-bond acceptors (Lipinski definition) is 6. The zero-order valence-electron chi connectivity index (χ0n) is 14.0. The molecule has 0 saturated carbocycles. The summed E-state index contributed by atoms with van der Waals surface area (Å²) >= 11 is 0. The summed E-state index contributed by atoms with van der Waals surface area (Å²) in [5.74, 6) is 0.505. The van der Waals surface area contributed by atoms with Gasteiger partial charge in [0.15, 0.2) is 11.6 Å². The molecule has 2 rings (SSSR count). The van der Waals surface area contributed by atoms with E-state index in [4.69, 9.17) is 5.11 Å². The molecule has 0 aliphatic carbocycles. The summed E-state index contributed by atoms with van der Waals surface area (Å²) in [6.45, 7) is 3.96. The maximum atomic E-state index is 11.6. The molecule has 0 amide bonds. The van der Waals surface area contributed by atoms with Crippen LogP contribution in [0.3, 0.4) is 0 Å². The molecule has 3 N–H and O–H groups in total. The first-order chi connectivity index (χ1) is 11.3. The van der Waals surface area contributed by atoms with Crippen LogP contribution in [0.25, 0.3) is 11.0 Å². The number of nitrogens with one attached hydrogen (secondary N) is 2. The molecule has 0 spiro atoms. The molecule has 1 aromatic carbocycles. The zero-order chi connectivity index (χ0) is 17.7. The minimum atomic E-state index is -3.48. The van der Waals surface area contributed by atoms with E-state index < -0.39 is 10.0 Å². The maximum Gasteiger partial charge on any atom is 0.231 e. The molecule has 0 aliphatic heterocycles. The van der Waals surface area contributed by atoms with Crippen molar-refractivity contribution in [2.24, 2.45) is 0 Å². The topological polar surface area (TPSA) is 104 Å². The second-order valence-electron chi connectivity index (χ2n) is 5.64. The van der Waals surface area contributed by atoms with E-state index in [1.807, 2.05) is 32.0 Å². The number of rotatable bonds is 7. The number of nitrogens with zero attached hydrogens (tertiary/aromatic N) is 2. The minimum absolute atomic E-state index is 0.126. The zero-order valence-corrected chi connectivity index (χ0v) is 14.8. The number of aliphatic hydroxyl groups excluding tert-OH is 1. The van der Waals surface area contributed by atoms with Crippen LogP contribution in [-0.2, 0) is 10.0 Å². The number of fused-ring (bicyclic) bond motifs is 1. The summed E-state index contributed by atoms with van der Waals surface area (Å²) in [6, 6.07) is 7.25. The average molecular weight is 350 g/mol. The lowest BCUT2D eigenvalue weighted by Crippen LogP contribution is -2.14. The number of anilines is 2. The number of aromatic nitrogens is 2. The highest BCUT2D eigenvalue weighted by molar-refractivity contribution is 7.92. The lowest BCUT2D eigenvalue weighted by atomic mass is 10.1. The van der Waals surface area contributed by atoms with Gasteiger partial charge in [0, 0.05) is 12.3 Å². The first-order valence-electron chi connectivity index (χ1n) is 7.59. The molecule has 1 heterocycles. The van der Waals surface area contributed by atoms with Crippen molar-refractivity contribution in [3.8, 4) is 0 Å². The van der Waals surface area contributed by atoms with Crippen LogP contribution in [0.5, 0.6) is 0 Å². The van der Waals surface area contributed by atoms with E-state index >= 15 is 0 Å². The molecular formula is C16H22N4O3S. The second-order valence-corrected chi connectivity index (χ2v) is 7.39. The first kappa shape index (κ1) is 18.2. The van der Waals surface area contributed by atoms with Gasteiger partial charge in [0.2, 0.25) is 10.0 Å². The predicted octanol–water partition coefficient (Wildman–Crippen LogP) is 2.48. The lowest BCUT2D eigenvalue weighted by molar-refractivity contribution is 0.288. The van der Waals surface area contributed by atoms with Crippen molar-refractivity contribution in [1.82, 2.24) is 9.97 Å². The number of para-hydroxylation sites is 2. The lowest BCUT2D eigenvalue weighted by Gasteiger charge is -2.14. The Morgan fingerprint density at radius 3 is 2.25 bits per heavy atom. The fraction of sp³-hybridized carbons (Fsp3) is 0.375. The summed E-state index contributed by atoms with van der Waals surface area (Å²) in [5, 5.41) is 12.1. The van der Waals surface area contributed by atoms with Crippen LogP contribution in [0, 0.1) is 0 Å². The van der Waals surface area contributed by atoms with E-state index in [9.17, 15) is 8.42 Å². The molecule has 130 valence electrons. The number of hydrogen-bond donors (Lipinski definition) is 3. The number of allylic oxidation sites excluding steroid dienone is 2. The maximum absolute atomic E-state index is 11.6. The summed E-state index contributed by atoms with van der Waals surface area (Å²) in [4.78, 5) is 8.84. The largest absolute Gasteiger partial charge is 0.396 e. The Labute approximate surface area is 141 Å². The van der Waals surface area contributed by atoms with E-state index in [-0.39, 0.29) is 12.4 Å². The standard InChI is InChI=1S/C16H22N4O3S/c1-11(7-6-10-21)12(2)17-15-16(20-24(3,22)23)19-14-9-5-4-8-13(14)18-15/h4-5,8-9,21H,6-7,10H2,1-3H3,(H,17,18)(H,19,20)/b12-11-. The molecule has 24 heavy (non-hydrogen) atoms. The summed E-state index contributed by atoms with van der Waals surface area (Å²) < 4.78 is 25.6. The van der Waals surface area contributed by atoms with Gasteiger partial charge in [-0.2, -0.15) is 0 Å². The Bertz CT molecular complexity index is 863. The first-order valence-corrected chi connectivity index (χ1v) is 9.48. The summed E-state index contributed by atoms with van der Waals surface area (Å²) in [5.41, 5.74) is 3.18. The molecule has 2 aromatic rings. The quantitative estimate of drug-likeness (QED) is 0.709. The SMILES string of the molecule is C/C(CCCO)=C(\C)Nc1nc2ccccc2nc1NS(C)(=O)=O. The minimum Gasteiger partial charge on any atom is -0.396 e. The van der Waals surface area contributed by atoms with E-state index in [0.29, 0.717) is 23.3 Å². The van der Waals surface area contributed by atoms with E-state index in [1.54, 1.807) is 6.07 Å². The van der Waals surface area contributed by atoms with Gasteiger partial charge in [0.05, 0.1) is 17.3 Å². The van der Waals surface area contributed by atoms with E-state index in [0.717, 1.165) is 23.9 Å². The summed E-state index contributed by atoms with van der Waals surface area (Å²) in [6.07, 6.45) is 2.48. The van der Waals surface area contributed by atoms with Crippen molar-refractivity contribution in [1.29, 1.82) is 0 Å². The highest BCUT2D eigenvalue weighted by Gasteiger charge is 2.13. The van der Waals surface area contributed by atoms with Crippen molar-refractivity contribution in [2.45, 2.75) is 26.7 Å². The smallest absolute Gasteiger partial charge is 0.231 e. The van der Waals surface area contributed by atoms with E-state index in [1.165, 1.54) is 0 Å². The summed E-state index contributed by atoms with van der Waals surface area (Å²) in [7, 11) is -3.48. The third kappa shape index (κ3) is 4.90. The van der Waals surface area contributed by atoms with Gasteiger partial charge in [0.1, 0.15) is 0 Å². The molecule has 0 bridgehead atoms. The Morgan fingerprint density at radius 1 is 1.12 bits per heavy atom. The van der Waals surface area contributed by atoms with Gasteiger partial charge in [-0.15, -0.1) is 0 Å². The predicted molar refractivity (Wildman–Crippen MR) is 96.3 cm³/mol. The van der Waals surface area contributed by atoms with Crippen molar-refractivity contribution >= 4 is 32.7 Å². The highest BCUT2D eigenvalue weighted by Crippen LogP contribution is 2.24. The molecule has 7 nitrogen and oxygen atoms in total. The van der Waals surface area contributed by atoms with Crippen LogP contribution >= 0.6 is 0 Å². The molecule has 1 aromatic heterocycles.